The van der Waals surface area contributed by atoms with Crippen molar-refractivity contribution in [1.29, 1.82) is 0 Å². The van der Waals surface area contributed by atoms with Gasteiger partial charge >= 0.3 is 0 Å². The Bertz CT molecular complexity index is 1160. The maximum absolute atomic E-state index is 12.4. The van der Waals surface area contributed by atoms with Gasteiger partial charge in [0.15, 0.2) is 0 Å². The van der Waals surface area contributed by atoms with Gasteiger partial charge in [0.05, 0.1) is 12.4 Å². The molecule has 2 amide bonds. The summed E-state index contributed by atoms with van der Waals surface area (Å²) >= 11 is 0. The van der Waals surface area contributed by atoms with E-state index in [1.54, 1.807) is 43.7 Å². The maximum Gasteiger partial charge on any atom is 0.271 e. The minimum Gasteiger partial charge on any atom is -0.388 e. The second kappa shape index (κ2) is 14.8. The summed E-state index contributed by atoms with van der Waals surface area (Å²) in [5.41, 5.74) is 10.5. The lowest BCUT2D eigenvalue weighted by Gasteiger charge is -2.12. The number of anilines is 3. The fourth-order valence-electron chi connectivity index (χ4n) is 3.25. The normalized spacial score (nSPS) is 10.5. The molecule has 0 spiro atoms. The van der Waals surface area contributed by atoms with Gasteiger partial charge in [0.2, 0.25) is 0 Å². The van der Waals surface area contributed by atoms with E-state index >= 15 is 0 Å². The van der Waals surface area contributed by atoms with Crippen LogP contribution in [0.2, 0.25) is 0 Å². The van der Waals surface area contributed by atoms with Gasteiger partial charge in [-0.25, -0.2) is 10.9 Å². The van der Waals surface area contributed by atoms with Crippen LogP contribution in [0.4, 0.5) is 17.1 Å². The zero-order valence-corrected chi connectivity index (χ0v) is 23.1. The monoisotopic (exact) mass is 515 g/mol. The average Bonchev–Trinajstić information content (AvgIpc) is 2.94. The van der Waals surface area contributed by atoms with Crippen LogP contribution in [0.25, 0.3) is 0 Å². The molecule has 0 atom stereocenters. The first kappa shape index (κ1) is 29.6. The molecule has 0 aliphatic rings. The van der Waals surface area contributed by atoms with E-state index in [1.807, 2.05) is 94.3 Å². The largest absolute Gasteiger partial charge is 0.388 e. The van der Waals surface area contributed by atoms with Crippen molar-refractivity contribution in [1.82, 2.24) is 10.9 Å². The number of benzene rings is 3. The van der Waals surface area contributed by atoms with Gasteiger partial charge in [0, 0.05) is 63.4 Å². The van der Waals surface area contributed by atoms with Gasteiger partial charge < -0.3 is 15.1 Å². The van der Waals surface area contributed by atoms with E-state index < -0.39 is 0 Å². The highest BCUT2D eigenvalue weighted by atomic mass is 16.2. The number of hydrogen-bond donors (Lipinski definition) is 3. The quantitative estimate of drug-likeness (QED) is 0.289. The van der Waals surface area contributed by atoms with Crippen LogP contribution in [-0.2, 0) is 0 Å². The molecule has 3 N–H and O–H groups in total. The van der Waals surface area contributed by atoms with Crippen LogP contribution in [0.1, 0.15) is 45.7 Å². The first-order valence-corrected chi connectivity index (χ1v) is 12.3. The molecule has 0 saturated heterocycles. The Hall–Kier alpha value is -4.66. The van der Waals surface area contributed by atoms with Crippen molar-refractivity contribution in [3.05, 3.63) is 89.0 Å². The topological polar surface area (TPSA) is 101 Å². The number of nitrogens with one attached hydrogen (secondary N) is 3. The number of amides is 2. The smallest absolute Gasteiger partial charge is 0.271 e. The molecule has 0 aliphatic heterocycles. The summed E-state index contributed by atoms with van der Waals surface area (Å²) in [5.74, 6) is -0.603. The minimum absolute atomic E-state index is 0.301. The Balaban J connectivity index is 0.00000247. The molecule has 0 aliphatic carbocycles. The Labute approximate surface area is 225 Å². The zero-order valence-electron chi connectivity index (χ0n) is 23.1. The fourth-order valence-corrected chi connectivity index (χ4v) is 3.25. The van der Waals surface area contributed by atoms with Gasteiger partial charge in [-0.1, -0.05) is 13.8 Å². The van der Waals surface area contributed by atoms with Crippen LogP contribution in [0.3, 0.4) is 0 Å². The van der Waals surface area contributed by atoms with Crippen LogP contribution in [0, 0.1) is 0 Å². The third-order valence-corrected chi connectivity index (χ3v) is 5.32. The molecule has 200 valence electrons. The molecule has 0 saturated carbocycles. The Morgan fingerprint density at radius 3 is 1.34 bits per heavy atom. The third-order valence-electron chi connectivity index (χ3n) is 5.32. The molecule has 9 nitrogen and oxygen atoms in total. The summed E-state index contributed by atoms with van der Waals surface area (Å²) in [4.78, 5) is 28.7. The van der Waals surface area contributed by atoms with E-state index in [-0.39, 0.29) is 11.8 Å². The molecule has 38 heavy (non-hydrogen) atoms. The molecule has 0 unspecified atom stereocenters. The molecule has 0 radical (unpaired) electrons. The number of carbonyl (C=O) groups is 2. The van der Waals surface area contributed by atoms with Gasteiger partial charge in [-0.05, 0) is 77.9 Å². The lowest BCUT2D eigenvalue weighted by molar-refractivity contribution is 0.0947. The summed E-state index contributed by atoms with van der Waals surface area (Å²) < 4.78 is 0. The van der Waals surface area contributed by atoms with Crippen molar-refractivity contribution in [3.63, 3.8) is 0 Å². The van der Waals surface area contributed by atoms with Gasteiger partial charge in [-0.15, -0.1) is 0 Å². The van der Waals surface area contributed by atoms with Crippen LogP contribution in [0.5, 0.6) is 0 Å². The lowest BCUT2D eigenvalue weighted by Crippen LogP contribution is -2.18. The Kier molecular flexibility index (Phi) is 11.5. The van der Waals surface area contributed by atoms with Crippen molar-refractivity contribution in [2.75, 3.05) is 50.4 Å². The molecule has 0 heterocycles. The number of rotatable bonds is 9. The number of carbonyl (C=O) groups excluding carboxylic acids is 2. The minimum atomic E-state index is -0.301. The molecule has 0 fully saturated rings. The summed E-state index contributed by atoms with van der Waals surface area (Å²) in [6, 6.07) is 20.1. The SMILES string of the molecule is CC.CNc1cc(/C=N/NC(=O)c2ccc(N(C)C)cc2)cc(/C=N/NC(=O)c2ccc(N(C)C)cc2)c1. The molecular formula is C29H37N7O2. The van der Waals surface area contributed by atoms with Crippen LogP contribution < -0.4 is 26.0 Å². The first-order valence-electron chi connectivity index (χ1n) is 12.3. The van der Waals surface area contributed by atoms with Gasteiger partial charge in [-0.2, -0.15) is 10.2 Å². The van der Waals surface area contributed by atoms with E-state index in [0.29, 0.717) is 11.1 Å². The van der Waals surface area contributed by atoms with Gasteiger partial charge in [-0.3, -0.25) is 9.59 Å². The second-order valence-corrected chi connectivity index (χ2v) is 8.42. The molecular weight excluding hydrogens is 478 g/mol. The van der Waals surface area contributed by atoms with Crippen molar-refractivity contribution in [3.8, 4) is 0 Å². The van der Waals surface area contributed by atoms with Crippen LogP contribution in [-0.4, -0.2) is 59.5 Å². The molecule has 0 bridgehead atoms. The van der Waals surface area contributed by atoms with Crippen molar-refractivity contribution < 1.29 is 9.59 Å². The van der Waals surface area contributed by atoms with E-state index in [9.17, 15) is 9.59 Å². The van der Waals surface area contributed by atoms with Crippen molar-refractivity contribution in [2.45, 2.75) is 13.8 Å². The van der Waals surface area contributed by atoms with Gasteiger partial charge in [0.25, 0.3) is 11.8 Å². The number of hydrazone groups is 2. The van der Waals surface area contributed by atoms with Gasteiger partial charge in [0.1, 0.15) is 0 Å². The van der Waals surface area contributed by atoms with E-state index in [4.69, 9.17) is 0 Å². The van der Waals surface area contributed by atoms with Crippen molar-refractivity contribution in [2.24, 2.45) is 10.2 Å². The standard InChI is InChI=1S/C27H31N7O2.C2H6/c1-28-23-15-19(17-29-31-26(35)21-6-10-24(11-7-21)33(2)3)14-20(16-23)18-30-32-27(36)22-8-12-25(13-9-22)34(4)5;1-2/h6-18,28H,1-5H3,(H,31,35)(H,32,36);1-2H3/b29-17+,30-18+;. The summed E-state index contributed by atoms with van der Waals surface area (Å²) in [7, 11) is 9.56. The van der Waals surface area contributed by atoms with Crippen LogP contribution in [0.15, 0.2) is 76.9 Å². The molecule has 9 heteroatoms. The zero-order chi connectivity index (χ0) is 28.1. The maximum atomic E-state index is 12.4. The third kappa shape index (κ3) is 8.77. The summed E-state index contributed by atoms with van der Waals surface area (Å²) in [5, 5.41) is 11.2. The van der Waals surface area contributed by atoms with E-state index in [0.717, 1.165) is 28.2 Å². The number of nitrogens with zero attached hydrogens (tertiary/aromatic N) is 4. The molecule has 3 rings (SSSR count). The molecule has 3 aromatic carbocycles. The summed E-state index contributed by atoms with van der Waals surface area (Å²) in [6.07, 6.45) is 3.10. The first-order chi connectivity index (χ1) is 18.3. The van der Waals surface area contributed by atoms with Crippen molar-refractivity contribution >= 4 is 41.3 Å². The highest BCUT2D eigenvalue weighted by Crippen LogP contribution is 2.14. The highest BCUT2D eigenvalue weighted by molar-refractivity contribution is 5.96. The Morgan fingerprint density at radius 2 is 1.03 bits per heavy atom. The van der Waals surface area contributed by atoms with E-state index in [2.05, 4.69) is 26.4 Å². The lowest BCUT2D eigenvalue weighted by atomic mass is 10.1. The predicted molar refractivity (Wildman–Crippen MR) is 159 cm³/mol. The highest BCUT2D eigenvalue weighted by Gasteiger charge is 2.06. The number of hydrogen-bond acceptors (Lipinski definition) is 7. The van der Waals surface area contributed by atoms with E-state index in [1.165, 1.54) is 0 Å². The average molecular weight is 516 g/mol. The van der Waals surface area contributed by atoms with Crippen LogP contribution >= 0.6 is 0 Å². The molecule has 0 aromatic heterocycles. The molecule has 3 aromatic rings. The summed E-state index contributed by atoms with van der Waals surface area (Å²) in [6.45, 7) is 4.00. The Morgan fingerprint density at radius 1 is 0.658 bits per heavy atom. The second-order valence-electron chi connectivity index (χ2n) is 8.42. The fraction of sp³-hybridized carbons (Fsp3) is 0.241. The predicted octanol–water partition coefficient (Wildman–Crippen LogP) is 4.41.